The van der Waals surface area contributed by atoms with Gasteiger partial charge in [-0.3, -0.25) is 0 Å². The molecular weight excluding hydrogens is 410 g/mol. The fraction of sp³-hybridized carbons (Fsp3) is 0.500. The van der Waals surface area contributed by atoms with Gasteiger partial charge in [-0.1, -0.05) is 0 Å². The minimum absolute atomic E-state index is 0.0481. The summed E-state index contributed by atoms with van der Waals surface area (Å²) in [4.78, 5) is 9.25. The molecule has 0 spiro atoms. The van der Waals surface area contributed by atoms with Crippen molar-refractivity contribution in [1.29, 1.82) is 0 Å². The van der Waals surface area contributed by atoms with E-state index in [0.29, 0.717) is 31.5 Å². The van der Waals surface area contributed by atoms with Gasteiger partial charge >= 0.3 is 0 Å². The second-order valence-corrected chi connectivity index (χ2v) is 8.00. The summed E-state index contributed by atoms with van der Waals surface area (Å²) in [7, 11) is 1.68. The van der Waals surface area contributed by atoms with Crippen LogP contribution in [0.5, 0.6) is 5.75 Å². The lowest BCUT2D eigenvalue weighted by molar-refractivity contribution is 0.197. The number of anilines is 3. The summed E-state index contributed by atoms with van der Waals surface area (Å²) in [5, 5.41) is 24.6. The van der Waals surface area contributed by atoms with Crippen LogP contribution in [-0.2, 0) is 11.3 Å². The van der Waals surface area contributed by atoms with Crippen LogP contribution in [0.15, 0.2) is 30.5 Å². The van der Waals surface area contributed by atoms with E-state index >= 15 is 0 Å². The van der Waals surface area contributed by atoms with Crippen LogP contribution in [0.4, 0.5) is 17.5 Å². The van der Waals surface area contributed by atoms with Crippen molar-refractivity contribution in [2.24, 2.45) is 0 Å². The molecule has 174 valence electrons. The number of hydrogen-bond acceptors (Lipinski definition) is 9. The van der Waals surface area contributed by atoms with E-state index in [1.165, 1.54) is 0 Å². The average molecular weight is 444 g/mol. The molecule has 0 atom stereocenters. The van der Waals surface area contributed by atoms with Gasteiger partial charge in [0.2, 0.25) is 5.95 Å². The largest absolute Gasteiger partial charge is 0.492 e. The Morgan fingerprint density at radius 2 is 1.84 bits per heavy atom. The molecular formula is C22H33N7O3. The zero-order valence-corrected chi connectivity index (χ0v) is 19.2. The van der Waals surface area contributed by atoms with Gasteiger partial charge in [0.15, 0.2) is 5.65 Å². The van der Waals surface area contributed by atoms with Crippen LogP contribution in [0, 0.1) is 0 Å². The van der Waals surface area contributed by atoms with E-state index in [0.717, 1.165) is 35.6 Å². The summed E-state index contributed by atoms with van der Waals surface area (Å²) >= 11 is 0. The molecule has 3 aromatic rings. The van der Waals surface area contributed by atoms with Gasteiger partial charge in [0.05, 0.1) is 30.3 Å². The quantitative estimate of drug-likeness (QED) is 0.295. The molecule has 10 nitrogen and oxygen atoms in total. The minimum Gasteiger partial charge on any atom is -0.492 e. The monoisotopic (exact) mass is 443 g/mol. The van der Waals surface area contributed by atoms with Gasteiger partial charge in [-0.05, 0) is 45.0 Å². The van der Waals surface area contributed by atoms with Crippen molar-refractivity contribution in [2.75, 3.05) is 50.7 Å². The highest BCUT2D eigenvalue weighted by atomic mass is 16.5. The van der Waals surface area contributed by atoms with Crippen LogP contribution >= 0.6 is 0 Å². The van der Waals surface area contributed by atoms with E-state index in [1.54, 1.807) is 13.3 Å². The summed E-state index contributed by atoms with van der Waals surface area (Å²) in [5.74, 6) is 1.86. The fourth-order valence-electron chi connectivity index (χ4n) is 2.99. The highest BCUT2D eigenvalue weighted by molar-refractivity contribution is 5.89. The number of aliphatic hydroxyl groups is 1. The van der Waals surface area contributed by atoms with Crippen LogP contribution in [0.1, 0.15) is 20.8 Å². The zero-order chi connectivity index (χ0) is 23.0. The van der Waals surface area contributed by atoms with Crippen molar-refractivity contribution in [3.63, 3.8) is 0 Å². The van der Waals surface area contributed by atoms with E-state index in [2.05, 4.69) is 31.0 Å². The van der Waals surface area contributed by atoms with E-state index < -0.39 is 5.54 Å². The Bertz CT molecular complexity index is 989. The topological polar surface area (TPSA) is 118 Å². The van der Waals surface area contributed by atoms with E-state index in [-0.39, 0.29) is 6.61 Å². The van der Waals surface area contributed by atoms with Crippen molar-refractivity contribution < 1.29 is 14.6 Å². The lowest BCUT2D eigenvalue weighted by Crippen LogP contribution is -2.35. The van der Waals surface area contributed by atoms with Gasteiger partial charge in [0.25, 0.3) is 0 Å². The van der Waals surface area contributed by atoms with Crippen LogP contribution in [-0.4, -0.2) is 70.4 Å². The molecule has 32 heavy (non-hydrogen) atoms. The normalized spacial score (nSPS) is 11.7. The lowest BCUT2D eigenvalue weighted by atomic mass is 10.1. The minimum atomic E-state index is -0.556. The third-order valence-electron chi connectivity index (χ3n) is 4.79. The Kier molecular flexibility index (Phi) is 8.20. The maximum atomic E-state index is 9.60. The maximum absolute atomic E-state index is 9.60. The van der Waals surface area contributed by atoms with Crippen LogP contribution in [0.25, 0.3) is 11.0 Å². The van der Waals surface area contributed by atoms with E-state index in [4.69, 9.17) is 9.47 Å². The number of hydrogen-bond donors (Lipinski definition) is 4. The molecule has 0 bridgehead atoms. The number of benzene rings is 1. The molecule has 0 radical (unpaired) electrons. The van der Waals surface area contributed by atoms with E-state index in [9.17, 15) is 5.11 Å². The number of nitrogens with one attached hydrogen (secondary N) is 3. The second kappa shape index (κ2) is 11.1. The van der Waals surface area contributed by atoms with Gasteiger partial charge in [-0.2, -0.15) is 15.1 Å². The van der Waals surface area contributed by atoms with E-state index in [1.807, 2.05) is 49.7 Å². The SMILES string of the molecule is CCn1ncc2c(Nc3ccc(OCCNCCOC)cc3)nc(NC(C)(C)CO)nc21. The summed E-state index contributed by atoms with van der Waals surface area (Å²) in [5.41, 5.74) is 1.04. The Morgan fingerprint density at radius 1 is 1.09 bits per heavy atom. The van der Waals surface area contributed by atoms with Crippen LogP contribution < -0.4 is 20.7 Å². The number of nitrogens with zero attached hydrogens (tertiary/aromatic N) is 4. The maximum Gasteiger partial charge on any atom is 0.227 e. The first-order valence-electron chi connectivity index (χ1n) is 10.8. The molecule has 4 N–H and O–H groups in total. The van der Waals surface area contributed by atoms with Crippen LogP contribution in [0.2, 0.25) is 0 Å². The summed E-state index contributed by atoms with van der Waals surface area (Å²) < 4.78 is 12.6. The first-order valence-corrected chi connectivity index (χ1v) is 10.8. The number of rotatable bonds is 13. The van der Waals surface area contributed by atoms with Crippen molar-refractivity contribution in [2.45, 2.75) is 32.9 Å². The summed E-state index contributed by atoms with van der Waals surface area (Å²) in [6.45, 7) is 9.24. The predicted molar refractivity (Wildman–Crippen MR) is 126 cm³/mol. The van der Waals surface area contributed by atoms with Crippen molar-refractivity contribution in [3.05, 3.63) is 30.5 Å². The highest BCUT2D eigenvalue weighted by Crippen LogP contribution is 2.27. The molecule has 1 aromatic carbocycles. The third kappa shape index (κ3) is 6.28. The Morgan fingerprint density at radius 3 is 2.53 bits per heavy atom. The predicted octanol–water partition coefficient (Wildman–Crippen LogP) is 2.39. The second-order valence-electron chi connectivity index (χ2n) is 8.00. The molecule has 0 unspecified atom stereocenters. The van der Waals surface area contributed by atoms with Crippen molar-refractivity contribution in [3.8, 4) is 5.75 Å². The molecule has 0 aliphatic rings. The van der Waals surface area contributed by atoms with Gasteiger partial charge in [0, 0.05) is 32.4 Å². The third-order valence-corrected chi connectivity index (χ3v) is 4.79. The Hall–Kier alpha value is -2.95. The van der Waals surface area contributed by atoms with Gasteiger partial charge in [-0.25, -0.2) is 4.68 Å². The number of ether oxygens (including phenoxy) is 2. The first-order chi connectivity index (χ1) is 15.5. The van der Waals surface area contributed by atoms with Crippen molar-refractivity contribution in [1.82, 2.24) is 25.1 Å². The number of aliphatic hydroxyl groups excluding tert-OH is 1. The van der Waals surface area contributed by atoms with Gasteiger partial charge < -0.3 is 30.5 Å². The molecule has 2 aromatic heterocycles. The first kappa shape index (κ1) is 23.7. The average Bonchev–Trinajstić information content (AvgIpc) is 3.20. The standard InChI is InChI=1S/C22H33N7O3/c1-5-29-20-18(14-24-29)19(26-21(27-20)28-22(2,3)15-30)25-16-6-8-17(9-7-16)32-13-11-23-10-12-31-4/h6-9,14,23,30H,5,10-13,15H2,1-4H3,(H2,25,26,27,28). The Labute approximate surface area is 188 Å². The summed E-state index contributed by atoms with van der Waals surface area (Å²) in [6, 6.07) is 7.71. The highest BCUT2D eigenvalue weighted by Gasteiger charge is 2.20. The molecule has 10 heteroatoms. The van der Waals surface area contributed by atoms with Gasteiger partial charge in [0.1, 0.15) is 18.2 Å². The number of aryl methyl sites for hydroxylation is 1. The summed E-state index contributed by atoms with van der Waals surface area (Å²) in [6.07, 6.45) is 1.76. The molecule has 3 rings (SSSR count). The molecule has 0 aliphatic heterocycles. The van der Waals surface area contributed by atoms with Crippen molar-refractivity contribution >= 4 is 28.5 Å². The molecule has 0 saturated carbocycles. The number of fused-ring (bicyclic) bond motifs is 1. The smallest absolute Gasteiger partial charge is 0.227 e. The molecule has 0 saturated heterocycles. The molecule has 0 aliphatic carbocycles. The fourth-order valence-corrected chi connectivity index (χ4v) is 2.99. The lowest BCUT2D eigenvalue weighted by Gasteiger charge is -2.23. The number of methoxy groups -OCH3 is 1. The molecule has 2 heterocycles. The number of aromatic nitrogens is 4. The van der Waals surface area contributed by atoms with Crippen LogP contribution in [0.3, 0.4) is 0 Å². The molecule has 0 fully saturated rings. The zero-order valence-electron chi connectivity index (χ0n) is 19.2. The Balaban J connectivity index is 1.72. The molecule has 0 amide bonds. The van der Waals surface area contributed by atoms with Gasteiger partial charge in [-0.15, -0.1) is 0 Å².